The van der Waals surface area contributed by atoms with Crippen molar-refractivity contribution in [3.63, 3.8) is 0 Å². The van der Waals surface area contributed by atoms with Crippen molar-refractivity contribution >= 4 is 22.9 Å². The van der Waals surface area contributed by atoms with Crippen LogP contribution in [0, 0.1) is 6.92 Å². The van der Waals surface area contributed by atoms with Crippen molar-refractivity contribution in [1.29, 1.82) is 0 Å². The predicted molar refractivity (Wildman–Crippen MR) is 80.5 cm³/mol. The van der Waals surface area contributed by atoms with E-state index in [1.165, 1.54) is 4.88 Å². The number of anilines is 1. The Hall–Kier alpha value is -1.81. The van der Waals surface area contributed by atoms with Gasteiger partial charge in [-0.1, -0.05) is 12.1 Å². The van der Waals surface area contributed by atoms with Gasteiger partial charge in [-0.05, 0) is 43.0 Å². The van der Waals surface area contributed by atoms with Gasteiger partial charge in [0.2, 0.25) is 0 Å². The molecule has 0 saturated heterocycles. The Morgan fingerprint density at radius 1 is 1.42 bits per heavy atom. The Bertz CT molecular complexity index is 564. The van der Waals surface area contributed by atoms with Crippen LogP contribution >= 0.6 is 11.3 Å². The van der Waals surface area contributed by atoms with Crippen LogP contribution in [-0.4, -0.2) is 11.9 Å². The lowest BCUT2D eigenvalue weighted by Crippen LogP contribution is -2.33. The van der Waals surface area contributed by atoms with E-state index < -0.39 is 0 Å². The number of thiophene rings is 1. The molecule has 1 heterocycles. The van der Waals surface area contributed by atoms with E-state index in [0.717, 1.165) is 12.0 Å². The molecule has 3 nitrogen and oxygen atoms in total. The predicted octanol–water partition coefficient (Wildman–Crippen LogP) is 3.00. The first-order valence-electron chi connectivity index (χ1n) is 6.25. The summed E-state index contributed by atoms with van der Waals surface area (Å²) >= 11 is 1.71. The summed E-state index contributed by atoms with van der Waals surface area (Å²) in [5.41, 5.74) is 8.07. The fourth-order valence-corrected chi connectivity index (χ4v) is 2.71. The molecule has 0 bridgehead atoms. The molecule has 0 radical (unpaired) electrons. The second-order valence-electron chi connectivity index (χ2n) is 4.73. The molecule has 0 spiro atoms. The quantitative estimate of drug-likeness (QED) is 0.842. The summed E-state index contributed by atoms with van der Waals surface area (Å²) in [5, 5.41) is 5.04. The van der Waals surface area contributed by atoms with Crippen LogP contribution in [0.5, 0.6) is 0 Å². The van der Waals surface area contributed by atoms with Gasteiger partial charge in [-0.3, -0.25) is 4.79 Å². The fraction of sp³-hybridized carbons (Fsp3) is 0.267. The van der Waals surface area contributed by atoms with Crippen LogP contribution in [-0.2, 0) is 6.42 Å². The molecule has 1 aromatic heterocycles. The molecular weight excluding hydrogens is 256 g/mol. The Labute approximate surface area is 117 Å². The maximum Gasteiger partial charge on any atom is 0.251 e. The minimum atomic E-state index is -0.0734. The van der Waals surface area contributed by atoms with E-state index in [1.54, 1.807) is 23.5 Å². The van der Waals surface area contributed by atoms with Gasteiger partial charge < -0.3 is 11.1 Å². The molecule has 0 aliphatic heterocycles. The summed E-state index contributed by atoms with van der Waals surface area (Å²) in [6, 6.07) is 9.61. The number of carbonyl (C=O) groups excluding carboxylic acids is 1. The van der Waals surface area contributed by atoms with Gasteiger partial charge in [-0.15, -0.1) is 11.3 Å². The summed E-state index contributed by atoms with van der Waals surface area (Å²) in [4.78, 5) is 13.4. The van der Waals surface area contributed by atoms with Crippen LogP contribution in [0.25, 0.3) is 0 Å². The molecule has 3 N–H and O–H groups in total. The largest absolute Gasteiger partial charge is 0.398 e. The Kier molecular flexibility index (Phi) is 4.22. The van der Waals surface area contributed by atoms with E-state index in [0.29, 0.717) is 11.3 Å². The highest BCUT2D eigenvalue weighted by Crippen LogP contribution is 2.14. The van der Waals surface area contributed by atoms with Crippen LogP contribution in [0.1, 0.15) is 27.7 Å². The van der Waals surface area contributed by atoms with E-state index in [1.807, 2.05) is 31.4 Å². The fourth-order valence-electron chi connectivity index (χ4n) is 1.87. The number of amides is 1. The smallest absolute Gasteiger partial charge is 0.251 e. The average Bonchev–Trinajstić information content (AvgIpc) is 2.85. The molecule has 2 aromatic rings. The molecule has 100 valence electrons. The summed E-state index contributed by atoms with van der Waals surface area (Å²) in [7, 11) is 0. The Balaban J connectivity index is 1.98. The summed E-state index contributed by atoms with van der Waals surface area (Å²) in [6.07, 6.45) is 0.852. The van der Waals surface area contributed by atoms with E-state index in [9.17, 15) is 4.79 Å². The second kappa shape index (κ2) is 5.89. The first-order chi connectivity index (χ1) is 9.06. The van der Waals surface area contributed by atoms with Crippen molar-refractivity contribution in [3.8, 4) is 0 Å². The number of nitrogen functional groups attached to an aromatic ring is 1. The Morgan fingerprint density at radius 3 is 2.84 bits per heavy atom. The molecule has 1 atom stereocenters. The van der Waals surface area contributed by atoms with Crippen LogP contribution in [0.2, 0.25) is 0 Å². The van der Waals surface area contributed by atoms with Gasteiger partial charge >= 0.3 is 0 Å². The van der Waals surface area contributed by atoms with Crippen LogP contribution in [0.3, 0.4) is 0 Å². The van der Waals surface area contributed by atoms with Crippen molar-refractivity contribution in [2.45, 2.75) is 26.3 Å². The van der Waals surface area contributed by atoms with E-state index in [2.05, 4.69) is 11.4 Å². The molecule has 0 saturated carbocycles. The highest BCUT2D eigenvalue weighted by Gasteiger charge is 2.11. The number of carbonyl (C=O) groups is 1. The SMILES string of the molecule is Cc1ccc(C(=O)NC(C)Cc2cccs2)cc1N. The van der Waals surface area contributed by atoms with Gasteiger partial charge in [0.25, 0.3) is 5.91 Å². The monoisotopic (exact) mass is 274 g/mol. The highest BCUT2D eigenvalue weighted by molar-refractivity contribution is 7.09. The van der Waals surface area contributed by atoms with Gasteiger partial charge in [0.05, 0.1) is 0 Å². The lowest BCUT2D eigenvalue weighted by molar-refractivity contribution is 0.0940. The van der Waals surface area contributed by atoms with Gasteiger partial charge in [0.1, 0.15) is 0 Å². The van der Waals surface area contributed by atoms with E-state index in [-0.39, 0.29) is 11.9 Å². The standard InChI is InChI=1S/C15H18N2OS/c1-10-5-6-12(9-14(10)16)15(18)17-11(2)8-13-4-3-7-19-13/h3-7,9,11H,8,16H2,1-2H3,(H,17,18). The molecule has 1 unspecified atom stereocenters. The lowest BCUT2D eigenvalue weighted by Gasteiger charge is -2.13. The van der Waals surface area contributed by atoms with Crippen molar-refractivity contribution in [3.05, 3.63) is 51.7 Å². The Morgan fingerprint density at radius 2 is 2.21 bits per heavy atom. The number of benzene rings is 1. The van der Waals surface area contributed by atoms with Crippen molar-refractivity contribution in [1.82, 2.24) is 5.32 Å². The van der Waals surface area contributed by atoms with Crippen molar-refractivity contribution in [2.75, 3.05) is 5.73 Å². The third kappa shape index (κ3) is 3.58. The number of nitrogens with one attached hydrogen (secondary N) is 1. The topological polar surface area (TPSA) is 55.1 Å². The molecular formula is C15H18N2OS. The second-order valence-corrected chi connectivity index (χ2v) is 5.76. The normalized spacial score (nSPS) is 12.1. The lowest BCUT2D eigenvalue weighted by atomic mass is 10.1. The highest BCUT2D eigenvalue weighted by atomic mass is 32.1. The van der Waals surface area contributed by atoms with Gasteiger partial charge in [0, 0.05) is 28.6 Å². The molecule has 19 heavy (non-hydrogen) atoms. The maximum atomic E-state index is 12.1. The minimum Gasteiger partial charge on any atom is -0.398 e. The van der Waals surface area contributed by atoms with Crippen LogP contribution in [0.4, 0.5) is 5.69 Å². The van der Waals surface area contributed by atoms with E-state index in [4.69, 9.17) is 5.73 Å². The zero-order chi connectivity index (χ0) is 13.8. The summed E-state index contributed by atoms with van der Waals surface area (Å²) < 4.78 is 0. The number of rotatable bonds is 4. The summed E-state index contributed by atoms with van der Waals surface area (Å²) in [6.45, 7) is 3.94. The van der Waals surface area contributed by atoms with Gasteiger partial charge in [-0.25, -0.2) is 0 Å². The third-order valence-electron chi connectivity index (χ3n) is 3.01. The molecule has 0 aliphatic carbocycles. The minimum absolute atomic E-state index is 0.0734. The summed E-state index contributed by atoms with van der Waals surface area (Å²) in [5.74, 6) is -0.0734. The molecule has 0 aliphatic rings. The molecule has 1 aromatic carbocycles. The number of aryl methyl sites for hydroxylation is 1. The maximum absolute atomic E-state index is 12.1. The molecule has 0 fully saturated rings. The number of hydrogen-bond acceptors (Lipinski definition) is 3. The molecule has 2 rings (SSSR count). The van der Waals surface area contributed by atoms with Gasteiger partial charge in [0.15, 0.2) is 0 Å². The van der Waals surface area contributed by atoms with Crippen molar-refractivity contribution < 1.29 is 4.79 Å². The molecule has 1 amide bonds. The van der Waals surface area contributed by atoms with E-state index >= 15 is 0 Å². The van der Waals surface area contributed by atoms with Crippen LogP contribution in [0.15, 0.2) is 35.7 Å². The zero-order valence-corrected chi connectivity index (χ0v) is 12.0. The average molecular weight is 274 g/mol. The first kappa shape index (κ1) is 13.6. The van der Waals surface area contributed by atoms with Crippen LogP contribution < -0.4 is 11.1 Å². The molecule has 4 heteroatoms. The third-order valence-corrected chi connectivity index (χ3v) is 3.91. The first-order valence-corrected chi connectivity index (χ1v) is 7.13. The van der Waals surface area contributed by atoms with Gasteiger partial charge in [-0.2, -0.15) is 0 Å². The number of nitrogens with two attached hydrogens (primary N) is 1. The van der Waals surface area contributed by atoms with Crippen molar-refractivity contribution in [2.24, 2.45) is 0 Å². The number of hydrogen-bond donors (Lipinski definition) is 2. The zero-order valence-electron chi connectivity index (χ0n) is 11.1.